The van der Waals surface area contributed by atoms with E-state index in [1.807, 2.05) is 31.2 Å². The second-order valence-corrected chi connectivity index (χ2v) is 7.95. The number of aromatic amines is 1. The third-order valence-corrected chi connectivity index (χ3v) is 5.99. The van der Waals surface area contributed by atoms with Crippen molar-refractivity contribution in [1.82, 2.24) is 9.97 Å². The maximum Gasteiger partial charge on any atom is 0.269 e. The number of aromatic nitrogens is 2. The zero-order chi connectivity index (χ0) is 20.1. The Hall–Kier alpha value is -2.45. The molecule has 8 heteroatoms. The molecule has 0 radical (unpaired) electrons. The molecule has 0 amide bonds. The lowest BCUT2D eigenvalue weighted by Gasteiger charge is -2.10. The largest absolute Gasteiger partial charge is 0.301 e. The summed E-state index contributed by atoms with van der Waals surface area (Å²) in [4.78, 5) is 30.4. The molecule has 0 aliphatic heterocycles. The van der Waals surface area contributed by atoms with E-state index in [0.29, 0.717) is 29.3 Å². The van der Waals surface area contributed by atoms with Gasteiger partial charge in [-0.05, 0) is 23.6 Å². The monoisotopic (exact) mass is 459 g/mol. The highest BCUT2D eigenvalue weighted by molar-refractivity contribution is 9.10. The Kier molecular flexibility index (Phi) is 6.64. The van der Waals surface area contributed by atoms with Crippen LogP contribution in [0.2, 0.25) is 0 Å². The first kappa shape index (κ1) is 20.3. The summed E-state index contributed by atoms with van der Waals surface area (Å²) in [6.45, 7) is 1.94. The first-order chi connectivity index (χ1) is 13.5. The molecule has 0 aliphatic rings. The van der Waals surface area contributed by atoms with Crippen molar-refractivity contribution in [1.29, 1.82) is 0 Å². The van der Waals surface area contributed by atoms with E-state index in [1.165, 1.54) is 23.9 Å². The zero-order valence-corrected chi connectivity index (χ0v) is 17.5. The van der Waals surface area contributed by atoms with Crippen molar-refractivity contribution in [2.24, 2.45) is 0 Å². The maximum atomic E-state index is 12.5. The molecule has 1 heterocycles. The topological polar surface area (TPSA) is 88.9 Å². The Morgan fingerprint density at radius 3 is 2.54 bits per heavy atom. The number of non-ortho nitro benzene ring substituents is 1. The summed E-state index contributed by atoms with van der Waals surface area (Å²) in [6, 6.07) is 14.3. The van der Waals surface area contributed by atoms with Crippen molar-refractivity contribution in [3.63, 3.8) is 0 Å². The number of nitro groups is 1. The fraction of sp³-hybridized carbons (Fsp3) is 0.200. The van der Waals surface area contributed by atoms with E-state index in [4.69, 9.17) is 0 Å². The number of nitrogens with zero attached hydrogens (tertiary/aromatic N) is 2. The van der Waals surface area contributed by atoms with Crippen LogP contribution in [0.25, 0.3) is 0 Å². The zero-order valence-electron chi connectivity index (χ0n) is 15.1. The molecule has 1 aromatic heterocycles. The standard InChI is InChI=1S/C20H18BrN3O3S/c1-2-16-18(11-14-5-3-4-6-17(14)21)22-20(23-19(16)25)28-12-13-7-9-15(10-8-13)24(26)27/h3-10H,2,11-12H2,1H3,(H,22,23,25). The highest BCUT2D eigenvalue weighted by Gasteiger charge is 2.13. The van der Waals surface area contributed by atoms with Crippen LogP contribution in [-0.4, -0.2) is 14.9 Å². The molecule has 2 aromatic carbocycles. The summed E-state index contributed by atoms with van der Waals surface area (Å²) in [5.74, 6) is 0.556. The van der Waals surface area contributed by atoms with E-state index in [0.717, 1.165) is 21.3 Å². The van der Waals surface area contributed by atoms with E-state index < -0.39 is 4.92 Å². The van der Waals surface area contributed by atoms with Gasteiger partial charge in [0.05, 0.1) is 10.6 Å². The first-order valence-electron chi connectivity index (χ1n) is 8.69. The number of halogens is 1. The summed E-state index contributed by atoms with van der Waals surface area (Å²) in [5, 5.41) is 11.3. The SMILES string of the molecule is CCc1c(Cc2ccccc2Br)nc(SCc2ccc([N+](=O)[O-])cc2)[nH]c1=O. The number of H-pyrrole nitrogens is 1. The smallest absolute Gasteiger partial charge is 0.269 e. The predicted molar refractivity (Wildman–Crippen MR) is 114 cm³/mol. The number of hydrogen-bond acceptors (Lipinski definition) is 5. The molecule has 0 saturated heterocycles. The van der Waals surface area contributed by atoms with Crippen molar-refractivity contribution in [3.8, 4) is 0 Å². The molecule has 0 aliphatic carbocycles. The molecule has 1 N–H and O–H groups in total. The Morgan fingerprint density at radius 1 is 1.18 bits per heavy atom. The predicted octanol–water partition coefficient (Wildman–Crippen LogP) is 4.89. The van der Waals surface area contributed by atoms with Gasteiger partial charge in [0, 0.05) is 34.3 Å². The molecule has 0 fully saturated rings. The van der Waals surface area contributed by atoms with Crippen molar-refractivity contribution in [2.75, 3.05) is 0 Å². The highest BCUT2D eigenvalue weighted by Crippen LogP contribution is 2.23. The Morgan fingerprint density at radius 2 is 1.89 bits per heavy atom. The summed E-state index contributed by atoms with van der Waals surface area (Å²) in [7, 11) is 0. The lowest BCUT2D eigenvalue weighted by atomic mass is 10.0. The van der Waals surface area contributed by atoms with Crippen LogP contribution in [0, 0.1) is 10.1 Å². The molecule has 0 spiro atoms. The van der Waals surface area contributed by atoms with E-state index >= 15 is 0 Å². The molecule has 6 nitrogen and oxygen atoms in total. The second kappa shape index (κ2) is 9.16. The van der Waals surface area contributed by atoms with Gasteiger partial charge in [-0.1, -0.05) is 64.9 Å². The van der Waals surface area contributed by atoms with E-state index in [1.54, 1.807) is 12.1 Å². The fourth-order valence-electron chi connectivity index (χ4n) is 2.79. The van der Waals surface area contributed by atoms with Crippen LogP contribution in [0.15, 0.2) is 63.0 Å². The normalized spacial score (nSPS) is 10.8. The molecule has 144 valence electrons. The molecule has 28 heavy (non-hydrogen) atoms. The van der Waals surface area contributed by atoms with Gasteiger partial charge in [-0.3, -0.25) is 14.9 Å². The molecule has 3 aromatic rings. The van der Waals surface area contributed by atoms with Gasteiger partial charge in [0.25, 0.3) is 11.2 Å². The average Bonchev–Trinajstić information content (AvgIpc) is 2.68. The van der Waals surface area contributed by atoms with Gasteiger partial charge in [-0.15, -0.1) is 0 Å². The van der Waals surface area contributed by atoms with Gasteiger partial charge in [-0.2, -0.15) is 0 Å². The highest BCUT2D eigenvalue weighted by atomic mass is 79.9. The van der Waals surface area contributed by atoms with Crippen molar-refractivity contribution >= 4 is 33.4 Å². The molecule has 3 rings (SSSR count). The molecule has 0 unspecified atom stereocenters. The number of hydrogen-bond donors (Lipinski definition) is 1. The summed E-state index contributed by atoms with van der Waals surface area (Å²) >= 11 is 4.95. The first-order valence-corrected chi connectivity index (χ1v) is 10.5. The van der Waals surface area contributed by atoms with Gasteiger partial charge in [0.2, 0.25) is 0 Å². The van der Waals surface area contributed by atoms with Crippen LogP contribution in [0.1, 0.15) is 29.3 Å². The minimum absolute atomic E-state index is 0.0586. The Balaban J connectivity index is 1.82. The second-order valence-electron chi connectivity index (χ2n) is 6.13. The molecule has 0 bridgehead atoms. The van der Waals surface area contributed by atoms with E-state index in [9.17, 15) is 14.9 Å². The molecule has 0 atom stereocenters. The lowest BCUT2D eigenvalue weighted by Crippen LogP contribution is -2.18. The average molecular weight is 460 g/mol. The quantitative estimate of drug-likeness (QED) is 0.235. The van der Waals surface area contributed by atoms with Gasteiger partial charge in [0.15, 0.2) is 5.16 Å². The van der Waals surface area contributed by atoms with Crippen LogP contribution in [0.5, 0.6) is 0 Å². The maximum absolute atomic E-state index is 12.5. The molecular weight excluding hydrogens is 442 g/mol. The van der Waals surface area contributed by atoms with E-state index in [2.05, 4.69) is 25.9 Å². The van der Waals surface area contributed by atoms with Gasteiger partial charge >= 0.3 is 0 Å². The van der Waals surface area contributed by atoms with Crippen molar-refractivity contribution < 1.29 is 4.92 Å². The number of nitrogens with one attached hydrogen (secondary N) is 1. The van der Waals surface area contributed by atoms with Crippen LogP contribution in [-0.2, 0) is 18.6 Å². The third-order valence-electron chi connectivity index (χ3n) is 4.27. The Labute approximate surface area is 174 Å². The van der Waals surface area contributed by atoms with Crippen LogP contribution < -0.4 is 5.56 Å². The van der Waals surface area contributed by atoms with Crippen LogP contribution in [0.4, 0.5) is 5.69 Å². The lowest BCUT2D eigenvalue weighted by molar-refractivity contribution is -0.384. The van der Waals surface area contributed by atoms with Crippen molar-refractivity contribution in [2.45, 2.75) is 30.7 Å². The fourth-order valence-corrected chi connectivity index (χ4v) is 4.05. The van der Waals surface area contributed by atoms with Gasteiger partial charge in [0.1, 0.15) is 0 Å². The molecular formula is C20H18BrN3O3S. The minimum Gasteiger partial charge on any atom is -0.301 e. The number of rotatable bonds is 7. The summed E-state index contributed by atoms with van der Waals surface area (Å²) in [5.41, 5.74) is 3.39. The van der Waals surface area contributed by atoms with Gasteiger partial charge < -0.3 is 4.98 Å². The van der Waals surface area contributed by atoms with E-state index in [-0.39, 0.29) is 11.2 Å². The number of benzene rings is 2. The summed E-state index contributed by atoms with van der Waals surface area (Å²) in [6.07, 6.45) is 1.18. The third kappa shape index (κ3) is 4.88. The number of nitro benzene ring substituents is 1. The summed E-state index contributed by atoms with van der Waals surface area (Å²) < 4.78 is 0.985. The molecule has 0 saturated carbocycles. The van der Waals surface area contributed by atoms with Crippen molar-refractivity contribution in [3.05, 3.63) is 95.9 Å². The minimum atomic E-state index is -0.423. The Bertz CT molecular complexity index is 1050. The van der Waals surface area contributed by atoms with Gasteiger partial charge in [-0.25, -0.2) is 4.98 Å². The van der Waals surface area contributed by atoms with Crippen LogP contribution in [0.3, 0.4) is 0 Å². The number of thioether (sulfide) groups is 1. The van der Waals surface area contributed by atoms with Crippen LogP contribution >= 0.6 is 27.7 Å².